The molecule has 0 aliphatic heterocycles. The Balaban J connectivity index is 2.39. The molecule has 0 saturated heterocycles. The zero-order chi connectivity index (χ0) is 13.4. The van der Waals surface area contributed by atoms with Gasteiger partial charge in [-0.25, -0.2) is 4.39 Å². The molecule has 3 nitrogen and oxygen atoms in total. The van der Waals surface area contributed by atoms with Crippen LogP contribution in [0.5, 0.6) is 0 Å². The van der Waals surface area contributed by atoms with E-state index in [4.69, 9.17) is 9.47 Å². The van der Waals surface area contributed by atoms with Crippen LogP contribution in [0, 0.1) is 5.82 Å². The molecule has 1 N–H and O–H groups in total. The quantitative estimate of drug-likeness (QED) is 0.747. The molecule has 0 unspecified atom stereocenters. The molecule has 0 radical (unpaired) electrons. The average Bonchev–Trinajstić information content (AvgIpc) is 2.32. The molecule has 1 aromatic carbocycles. The first-order chi connectivity index (χ1) is 8.67. The van der Waals surface area contributed by atoms with E-state index in [1.165, 1.54) is 6.07 Å². The molecule has 18 heavy (non-hydrogen) atoms. The predicted molar refractivity (Wildman–Crippen MR) is 72.8 cm³/mol. The Morgan fingerprint density at radius 2 is 1.94 bits per heavy atom. The summed E-state index contributed by atoms with van der Waals surface area (Å²) in [6.07, 6.45) is -0.279. The Kier molecular flexibility index (Phi) is 7.42. The summed E-state index contributed by atoms with van der Waals surface area (Å²) in [6, 6.07) is 5.03. The lowest BCUT2D eigenvalue weighted by Gasteiger charge is -2.17. The summed E-state index contributed by atoms with van der Waals surface area (Å²) < 4.78 is 25.0. The van der Waals surface area contributed by atoms with Crippen molar-refractivity contribution in [2.45, 2.75) is 26.7 Å². The molecule has 0 aliphatic carbocycles. The second kappa shape index (κ2) is 8.58. The molecular weight excluding hydrogens is 301 g/mol. The van der Waals surface area contributed by atoms with E-state index in [0.29, 0.717) is 31.9 Å². The number of hydrogen-bond acceptors (Lipinski definition) is 3. The maximum absolute atomic E-state index is 13.5. The normalized spacial score (nSPS) is 11.2. The first kappa shape index (κ1) is 15.6. The minimum atomic E-state index is -0.279. The second-order valence-corrected chi connectivity index (χ2v) is 4.62. The van der Waals surface area contributed by atoms with Crippen molar-refractivity contribution in [3.63, 3.8) is 0 Å². The first-order valence-corrected chi connectivity index (χ1v) is 6.84. The molecule has 0 atom stereocenters. The molecule has 5 heteroatoms. The van der Waals surface area contributed by atoms with Gasteiger partial charge in [-0.05, 0) is 26.0 Å². The lowest BCUT2D eigenvalue weighted by atomic mass is 10.2. The number of hydrogen-bond donors (Lipinski definition) is 1. The van der Waals surface area contributed by atoms with Gasteiger partial charge in [0.1, 0.15) is 5.82 Å². The van der Waals surface area contributed by atoms with Gasteiger partial charge in [0.05, 0.1) is 0 Å². The number of rotatable bonds is 8. The Bertz CT molecular complexity index is 357. The van der Waals surface area contributed by atoms with Gasteiger partial charge in [0.15, 0.2) is 6.29 Å². The highest BCUT2D eigenvalue weighted by atomic mass is 79.9. The lowest BCUT2D eigenvalue weighted by molar-refractivity contribution is -0.133. The molecule has 1 rings (SSSR count). The van der Waals surface area contributed by atoms with Gasteiger partial charge in [0.2, 0.25) is 0 Å². The Morgan fingerprint density at radius 3 is 2.50 bits per heavy atom. The van der Waals surface area contributed by atoms with Crippen molar-refractivity contribution in [3.8, 4) is 0 Å². The molecule has 0 amide bonds. The molecule has 0 heterocycles. The predicted octanol–water partition coefficient (Wildman–Crippen LogP) is 3.08. The van der Waals surface area contributed by atoms with Gasteiger partial charge in [-0.3, -0.25) is 0 Å². The molecule has 0 saturated carbocycles. The van der Waals surface area contributed by atoms with E-state index in [1.807, 2.05) is 19.9 Å². The topological polar surface area (TPSA) is 30.5 Å². The Labute approximate surface area is 116 Å². The Morgan fingerprint density at radius 1 is 1.28 bits per heavy atom. The summed E-state index contributed by atoms with van der Waals surface area (Å²) in [5.41, 5.74) is 0.630. The zero-order valence-electron chi connectivity index (χ0n) is 10.7. The van der Waals surface area contributed by atoms with Crippen LogP contribution in [-0.4, -0.2) is 26.0 Å². The van der Waals surface area contributed by atoms with Gasteiger partial charge in [-0.1, -0.05) is 22.0 Å². The van der Waals surface area contributed by atoms with Crippen molar-refractivity contribution in [1.29, 1.82) is 0 Å². The van der Waals surface area contributed by atoms with Crippen LogP contribution in [0.1, 0.15) is 19.4 Å². The molecule has 0 fully saturated rings. The van der Waals surface area contributed by atoms with Gasteiger partial charge >= 0.3 is 0 Å². The maximum Gasteiger partial charge on any atom is 0.169 e. The molecule has 0 aromatic heterocycles. The third kappa shape index (κ3) is 5.44. The van der Waals surface area contributed by atoms with E-state index >= 15 is 0 Å². The minimum Gasteiger partial charge on any atom is -0.352 e. The van der Waals surface area contributed by atoms with E-state index in [1.54, 1.807) is 6.07 Å². The molecule has 0 aliphatic rings. The summed E-state index contributed by atoms with van der Waals surface area (Å²) in [7, 11) is 0. The highest BCUT2D eigenvalue weighted by Gasteiger charge is 2.08. The van der Waals surface area contributed by atoms with E-state index < -0.39 is 0 Å². The molecular formula is C13H19BrFNO2. The molecule has 1 aromatic rings. The van der Waals surface area contributed by atoms with Crippen LogP contribution in [0.25, 0.3) is 0 Å². The van der Waals surface area contributed by atoms with Crippen molar-refractivity contribution >= 4 is 15.9 Å². The number of halogens is 2. The first-order valence-electron chi connectivity index (χ1n) is 6.05. The van der Waals surface area contributed by atoms with Crippen LogP contribution in [-0.2, 0) is 16.0 Å². The fourth-order valence-corrected chi connectivity index (χ4v) is 1.86. The van der Waals surface area contributed by atoms with E-state index in [2.05, 4.69) is 21.2 Å². The van der Waals surface area contributed by atoms with Crippen molar-refractivity contribution in [2.75, 3.05) is 19.8 Å². The van der Waals surface area contributed by atoms with Gasteiger partial charge in [0.25, 0.3) is 0 Å². The van der Waals surface area contributed by atoms with Gasteiger partial charge in [-0.15, -0.1) is 0 Å². The van der Waals surface area contributed by atoms with Crippen LogP contribution in [0.15, 0.2) is 22.7 Å². The number of benzene rings is 1. The van der Waals surface area contributed by atoms with Crippen molar-refractivity contribution in [3.05, 3.63) is 34.1 Å². The van der Waals surface area contributed by atoms with Crippen LogP contribution in [0.3, 0.4) is 0 Å². The SMILES string of the molecule is CCOC(CNCc1ccc(Br)cc1F)OCC. The smallest absolute Gasteiger partial charge is 0.169 e. The van der Waals surface area contributed by atoms with Crippen molar-refractivity contribution in [1.82, 2.24) is 5.32 Å². The van der Waals surface area contributed by atoms with Crippen molar-refractivity contribution in [2.24, 2.45) is 0 Å². The number of nitrogens with one attached hydrogen (secondary N) is 1. The van der Waals surface area contributed by atoms with Crippen LogP contribution >= 0.6 is 15.9 Å². The van der Waals surface area contributed by atoms with Crippen molar-refractivity contribution < 1.29 is 13.9 Å². The fourth-order valence-electron chi connectivity index (χ4n) is 1.53. The Hall–Kier alpha value is -0.490. The largest absolute Gasteiger partial charge is 0.352 e. The highest BCUT2D eigenvalue weighted by Crippen LogP contribution is 2.15. The average molecular weight is 320 g/mol. The highest BCUT2D eigenvalue weighted by molar-refractivity contribution is 9.10. The van der Waals surface area contributed by atoms with Crippen LogP contribution in [0.2, 0.25) is 0 Å². The second-order valence-electron chi connectivity index (χ2n) is 3.71. The summed E-state index contributed by atoms with van der Waals surface area (Å²) in [6.45, 7) is 6.02. The number of ether oxygens (including phenoxy) is 2. The summed E-state index contributed by atoms with van der Waals surface area (Å²) in [4.78, 5) is 0. The minimum absolute atomic E-state index is 0.221. The van der Waals surface area contributed by atoms with Gasteiger partial charge < -0.3 is 14.8 Å². The summed E-state index contributed by atoms with van der Waals surface area (Å²) >= 11 is 3.23. The van der Waals surface area contributed by atoms with E-state index in [0.717, 1.165) is 4.47 Å². The van der Waals surface area contributed by atoms with Crippen LogP contribution < -0.4 is 5.32 Å². The van der Waals surface area contributed by atoms with Crippen LogP contribution in [0.4, 0.5) is 4.39 Å². The molecule has 0 bridgehead atoms. The summed E-state index contributed by atoms with van der Waals surface area (Å²) in [5.74, 6) is -0.221. The summed E-state index contributed by atoms with van der Waals surface area (Å²) in [5, 5.41) is 3.13. The molecule has 0 spiro atoms. The third-order valence-corrected chi connectivity index (χ3v) is 2.84. The zero-order valence-corrected chi connectivity index (χ0v) is 12.3. The van der Waals surface area contributed by atoms with Gasteiger partial charge in [0, 0.05) is 36.3 Å². The maximum atomic E-state index is 13.5. The van der Waals surface area contributed by atoms with Gasteiger partial charge in [-0.2, -0.15) is 0 Å². The van der Waals surface area contributed by atoms with E-state index in [-0.39, 0.29) is 12.1 Å². The van der Waals surface area contributed by atoms with E-state index in [9.17, 15) is 4.39 Å². The lowest BCUT2D eigenvalue weighted by Crippen LogP contribution is -2.31. The molecule has 102 valence electrons. The third-order valence-electron chi connectivity index (χ3n) is 2.35. The standard InChI is InChI=1S/C13H19BrFNO2/c1-3-17-13(18-4-2)9-16-8-10-5-6-11(14)7-12(10)15/h5-7,13,16H,3-4,8-9H2,1-2H3. The fraction of sp³-hybridized carbons (Fsp3) is 0.538. The monoisotopic (exact) mass is 319 g/mol.